The van der Waals surface area contributed by atoms with Gasteiger partial charge in [-0.25, -0.2) is 14.4 Å². The second-order valence-electron chi connectivity index (χ2n) is 6.66. The first-order valence-electron chi connectivity index (χ1n) is 9.08. The van der Waals surface area contributed by atoms with Gasteiger partial charge in [-0.1, -0.05) is 0 Å². The van der Waals surface area contributed by atoms with Crippen LogP contribution >= 0.6 is 15.9 Å². The van der Waals surface area contributed by atoms with Gasteiger partial charge in [0.25, 0.3) is 0 Å². The van der Waals surface area contributed by atoms with Crippen LogP contribution < -0.4 is 15.5 Å². The normalized spacial score (nSPS) is 17.3. The van der Waals surface area contributed by atoms with E-state index in [0.717, 1.165) is 28.8 Å². The standard InChI is InChI=1S/C19H21BrFN7/c1-22-19(24-9-15-12-28-10-13(20)4-5-17(28)25-15)26-14-6-8-27(11-14)18-16(21)3-2-7-23-18/h2-5,7,10,12,14H,6,8-9,11H2,1H3,(H2,22,24,26). The van der Waals surface area contributed by atoms with E-state index in [2.05, 4.69) is 41.5 Å². The zero-order valence-electron chi connectivity index (χ0n) is 15.4. The summed E-state index contributed by atoms with van der Waals surface area (Å²) in [6, 6.07) is 7.15. The number of hydrogen-bond donors (Lipinski definition) is 2. The minimum absolute atomic E-state index is 0.171. The topological polar surface area (TPSA) is 69.8 Å². The molecule has 0 spiro atoms. The summed E-state index contributed by atoms with van der Waals surface area (Å²) in [6.45, 7) is 1.99. The summed E-state index contributed by atoms with van der Waals surface area (Å²) in [7, 11) is 1.74. The summed E-state index contributed by atoms with van der Waals surface area (Å²) in [5.74, 6) is 0.821. The van der Waals surface area contributed by atoms with Crippen LogP contribution in [0.3, 0.4) is 0 Å². The highest BCUT2D eigenvalue weighted by atomic mass is 79.9. The first-order chi connectivity index (χ1) is 13.6. The summed E-state index contributed by atoms with van der Waals surface area (Å²) in [6.07, 6.45) is 6.47. The highest BCUT2D eigenvalue weighted by Gasteiger charge is 2.25. The molecular weight excluding hydrogens is 425 g/mol. The minimum Gasteiger partial charge on any atom is -0.352 e. The first-order valence-corrected chi connectivity index (χ1v) is 9.87. The van der Waals surface area contributed by atoms with Crippen molar-refractivity contribution >= 4 is 33.4 Å². The van der Waals surface area contributed by atoms with Crippen LogP contribution in [0.15, 0.2) is 52.3 Å². The zero-order valence-corrected chi connectivity index (χ0v) is 17.0. The van der Waals surface area contributed by atoms with E-state index in [1.54, 1.807) is 19.3 Å². The molecular formula is C19H21BrFN7. The van der Waals surface area contributed by atoms with Crippen molar-refractivity contribution < 1.29 is 4.39 Å². The fourth-order valence-corrected chi connectivity index (χ4v) is 3.70. The van der Waals surface area contributed by atoms with Crippen molar-refractivity contribution in [2.45, 2.75) is 19.0 Å². The molecule has 0 aliphatic carbocycles. The van der Waals surface area contributed by atoms with Crippen LogP contribution in [0.25, 0.3) is 5.65 Å². The number of aromatic nitrogens is 3. The Kier molecular flexibility index (Phi) is 5.43. The molecule has 3 aromatic heterocycles. The number of rotatable bonds is 4. The van der Waals surface area contributed by atoms with Crippen LogP contribution in [0.1, 0.15) is 12.1 Å². The number of pyridine rings is 2. The number of nitrogens with one attached hydrogen (secondary N) is 2. The molecule has 9 heteroatoms. The Morgan fingerprint density at radius 1 is 1.36 bits per heavy atom. The van der Waals surface area contributed by atoms with Gasteiger partial charge in [-0.15, -0.1) is 0 Å². The van der Waals surface area contributed by atoms with Crippen molar-refractivity contribution in [2.24, 2.45) is 4.99 Å². The molecule has 7 nitrogen and oxygen atoms in total. The zero-order chi connectivity index (χ0) is 19.5. The molecule has 146 valence electrons. The van der Waals surface area contributed by atoms with Crippen LogP contribution in [0.5, 0.6) is 0 Å². The maximum Gasteiger partial charge on any atom is 0.191 e. The molecule has 0 amide bonds. The molecule has 4 rings (SSSR count). The van der Waals surface area contributed by atoms with Crippen molar-refractivity contribution in [2.75, 3.05) is 25.0 Å². The Balaban J connectivity index is 1.34. The van der Waals surface area contributed by atoms with Crippen molar-refractivity contribution in [1.82, 2.24) is 25.0 Å². The van der Waals surface area contributed by atoms with Crippen molar-refractivity contribution in [3.05, 3.63) is 58.8 Å². The van der Waals surface area contributed by atoms with Crippen LogP contribution in [0.4, 0.5) is 10.2 Å². The molecule has 1 saturated heterocycles. The Bertz CT molecular complexity index is 1000. The third-order valence-corrected chi connectivity index (χ3v) is 5.16. The van der Waals surface area contributed by atoms with Crippen LogP contribution in [-0.2, 0) is 6.54 Å². The summed E-state index contributed by atoms with van der Waals surface area (Å²) in [5.41, 5.74) is 1.82. The lowest BCUT2D eigenvalue weighted by Crippen LogP contribution is -2.44. The molecule has 1 unspecified atom stereocenters. The van der Waals surface area contributed by atoms with Gasteiger partial charge in [0.15, 0.2) is 17.6 Å². The molecule has 1 aliphatic rings. The van der Waals surface area contributed by atoms with Gasteiger partial charge in [-0.3, -0.25) is 4.99 Å². The summed E-state index contributed by atoms with van der Waals surface area (Å²) >= 11 is 3.46. The van der Waals surface area contributed by atoms with Crippen molar-refractivity contribution in [3.8, 4) is 0 Å². The van der Waals surface area contributed by atoms with E-state index in [0.29, 0.717) is 24.9 Å². The van der Waals surface area contributed by atoms with Crippen LogP contribution in [0.2, 0.25) is 0 Å². The molecule has 2 N–H and O–H groups in total. The predicted octanol–water partition coefficient (Wildman–Crippen LogP) is 2.57. The van der Waals surface area contributed by atoms with E-state index in [9.17, 15) is 4.39 Å². The molecule has 1 fully saturated rings. The fourth-order valence-electron chi connectivity index (χ4n) is 3.35. The first kappa shape index (κ1) is 18.7. The third-order valence-electron chi connectivity index (χ3n) is 4.69. The molecule has 4 heterocycles. The van der Waals surface area contributed by atoms with Gasteiger partial charge in [0.1, 0.15) is 5.65 Å². The molecule has 1 atom stereocenters. The second-order valence-corrected chi connectivity index (χ2v) is 7.57. The number of halogens is 2. The van der Waals surface area contributed by atoms with E-state index in [1.165, 1.54) is 6.07 Å². The molecule has 0 saturated carbocycles. The number of nitrogens with zero attached hydrogens (tertiary/aromatic N) is 5. The maximum atomic E-state index is 13.9. The SMILES string of the molecule is CN=C(NCc1cn2cc(Br)ccc2n1)NC1CCN(c2ncccc2F)C1. The fraction of sp³-hybridized carbons (Fsp3) is 0.316. The summed E-state index contributed by atoms with van der Waals surface area (Å²) < 4.78 is 16.9. The van der Waals surface area contributed by atoms with Gasteiger partial charge < -0.3 is 19.9 Å². The largest absolute Gasteiger partial charge is 0.352 e. The number of imidazole rings is 1. The van der Waals surface area contributed by atoms with Gasteiger partial charge in [-0.05, 0) is 46.6 Å². The Labute approximate surface area is 170 Å². The average molecular weight is 446 g/mol. The quantitative estimate of drug-likeness (QED) is 0.477. The van der Waals surface area contributed by atoms with Gasteiger partial charge in [-0.2, -0.15) is 0 Å². The summed E-state index contributed by atoms with van der Waals surface area (Å²) in [4.78, 5) is 15.0. The van der Waals surface area contributed by atoms with Crippen molar-refractivity contribution in [3.63, 3.8) is 0 Å². The molecule has 0 aromatic carbocycles. The second kappa shape index (κ2) is 8.14. The van der Waals surface area contributed by atoms with Crippen molar-refractivity contribution in [1.29, 1.82) is 0 Å². The van der Waals surface area contributed by atoms with E-state index in [-0.39, 0.29) is 11.9 Å². The smallest absolute Gasteiger partial charge is 0.191 e. The Morgan fingerprint density at radius 3 is 3.07 bits per heavy atom. The molecule has 3 aromatic rings. The number of fused-ring (bicyclic) bond motifs is 1. The number of aliphatic imine (C=N–C) groups is 1. The minimum atomic E-state index is -0.288. The molecule has 1 aliphatic heterocycles. The third kappa shape index (κ3) is 4.09. The van der Waals surface area contributed by atoms with E-state index in [4.69, 9.17) is 0 Å². The Morgan fingerprint density at radius 2 is 2.25 bits per heavy atom. The highest BCUT2D eigenvalue weighted by molar-refractivity contribution is 9.10. The van der Waals surface area contributed by atoms with E-state index < -0.39 is 0 Å². The maximum absolute atomic E-state index is 13.9. The van der Waals surface area contributed by atoms with Gasteiger partial charge >= 0.3 is 0 Å². The lowest BCUT2D eigenvalue weighted by atomic mass is 10.3. The van der Waals surface area contributed by atoms with Gasteiger partial charge in [0.05, 0.1) is 12.2 Å². The van der Waals surface area contributed by atoms with Crippen LogP contribution in [-0.4, -0.2) is 46.5 Å². The predicted molar refractivity (Wildman–Crippen MR) is 111 cm³/mol. The number of anilines is 1. The van der Waals surface area contributed by atoms with E-state index in [1.807, 2.05) is 33.8 Å². The van der Waals surface area contributed by atoms with Gasteiger partial charge in [0, 0.05) is 49.2 Å². The monoisotopic (exact) mass is 445 g/mol. The molecule has 0 bridgehead atoms. The number of guanidine groups is 1. The van der Waals surface area contributed by atoms with Crippen LogP contribution in [0, 0.1) is 5.82 Å². The Hall–Kier alpha value is -2.68. The van der Waals surface area contributed by atoms with Gasteiger partial charge in [0.2, 0.25) is 0 Å². The molecule has 0 radical (unpaired) electrons. The lowest BCUT2D eigenvalue weighted by molar-refractivity contribution is 0.612. The van der Waals surface area contributed by atoms with E-state index >= 15 is 0 Å². The number of hydrogen-bond acceptors (Lipinski definition) is 4. The molecule has 28 heavy (non-hydrogen) atoms. The average Bonchev–Trinajstić information content (AvgIpc) is 3.31. The lowest BCUT2D eigenvalue weighted by Gasteiger charge is -2.19. The highest BCUT2D eigenvalue weighted by Crippen LogP contribution is 2.20. The summed E-state index contributed by atoms with van der Waals surface area (Å²) in [5, 5.41) is 6.70.